The number of hydrogen-bond acceptors (Lipinski definition) is 4. The van der Waals surface area contributed by atoms with E-state index in [9.17, 15) is 14.3 Å². The second-order valence-electron chi connectivity index (χ2n) is 6.79. The van der Waals surface area contributed by atoms with Crippen molar-refractivity contribution in [2.45, 2.75) is 12.3 Å². The van der Waals surface area contributed by atoms with E-state index in [1.54, 1.807) is 36.5 Å². The molecule has 1 aliphatic carbocycles. The number of pyridine rings is 2. The first-order valence-corrected chi connectivity index (χ1v) is 9.31. The molecule has 0 fully saturated rings. The van der Waals surface area contributed by atoms with Crippen molar-refractivity contribution in [3.63, 3.8) is 0 Å². The van der Waals surface area contributed by atoms with Crippen molar-refractivity contribution >= 4 is 33.5 Å². The molecule has 3 heterocycles. The Balaban J connectivity index is 1.87. The predicted octanol–water partition coefficient (Wildman–Crippen LogP) is 4.43. The van der Waals surface area contributed by atoms with Gasteiger partial charge in [-0.1, -0.05) is 29.8 Å². The molecule has 5 rings (SSSR count). The maximum absolute atomic E-state index is 14.6. The number of aromatic nitrogens is 4. The fourth-order valence-electron chi connectivity index (χ4n) is 3.73. The standard InChI is InChI=1S/C21H14ClFN4O2/c22-11-5-6-14(23)13(9-11)18-20(28)19(12-3-1-2-4-15(12)25-18)27-17-7-8-24-10-16(17)26-21(27)29/h1-8,10,13,28H,9H2,(H,26,29). The van der Waals surface area contributed by atoms with E-state index in [0.717, 1.165) is 0 Å². The molecule has 4 aromatic rings. The summed E-state index contributed by atoms with van der Waals surface area (Å²) in [5, 5.41) is 12.2. The molecule has 0 amide bonds. The Labute approximate surface area is 168 Å². The number of fused-ring (bicyclic) bond motifs is 2. The molecule has 0 aliphatic heterocycles. The highest BCUT2D eigenvalue weighted by molar-refractivity contribution is 6.29. The molecular formula is C21H14ClFN4O2. The quantitative estimate of drug-likeness (QED) is 0.514. The minimum atomic E-state index is -0.835. The van der Waals surface area contributed by atoms with Gasteiger partial charge in [-0.25, -0.2) is 14.2 Å². The van der Waals surface area contributed by atoms with Crippen molar-refractivity contribution in [1.82, 2.24) is 19.5 Å². The summed E-state index contributed by atoms with van der Waals surface area (Å²) in [6, 6.07) is 8.76. The Kier molecular flexibility index (Phi) is 3.99. The van der Waals surface area contributed by atoms with Crippen LogP contribution in [0.25, 0.3) is 27.6 Å². The van der Waals surface area contributed by atoms with Gasteiger partial charge >= 0.3 is 5.69 Å². The van der Waals surface area contributed by atoms with Gasteiger partial charge in [0.2, 0.25) is 0 Å². The number of allylic oxidation sites excluding steroid dienone is 4. The van der Waals surface area contributed by atoms with Gasteiger partial charge in [-0.2, -0.15) is 0 Å². The topological polar surface area (TPSA) is 83.8 Å². The smallest absolute Gasteiger partial charge is 0.331 e. The first-order valence-electron chi connectivity index (χ1n) is 8.93. The number of rotatable bonds is 2. The van der Waals surface area contributed by atoms with Gasteiger partial charge in [0.05, 0.1) is 34.4 Å². The fraction of sp³-hybridized carbons (Fsp3) is 0.0952. The SMILES string of the molecule is O=c1[nH]c2cnccc2n1-c1c(O)c(C2CC(Cl)=CC=C2F)nc2ccccc12. The molecule has 6 nitrogen and oxygen atoms in total. The van der Waals surface area contributed by atoms with Crippen LogP contribution in [0.1, 0.15) is 18.0 Å². The van der Waals surface area contributed by atoms with Gasteiger partial charge in [-0.3, -0.25) is 9.55 Å². The number of aromatic hydroxyl groups is 1. The zero-order valence-corrected chi connectivity index (χ0v) is 15.7. The van der Waals surface area contributed by atoms with Gasteiger partial charge in [-0.05, 0) is 30.7 Å². The van der Waals surface area contributed by atoms with Gasteiger partial charge in [-0.15, -0.1) is 0 Å². The van der Waals surface area contributed by atoms with Crippen LogP contribution >= 0.6 is 11.6 Å². The Hall–Kier alpha value is -3.45. The van der Waals surface area contributed by atoms with Crippen molar-refractivity contribution in [2.24, 2.45) is 0 Å². The van der Waals surface area contributed by atoms with E-state index < -0.39 is 17.4 Å². The summed E-state index contributed by atoms with van der Waals surface area (Å²) in [5.74, 6) is -1.55. The maximum atomic E-state index is 14.6. The average Bonchev–Trinajstić information content (AvgIpc) is 3.05. The summed E-state index contributed by atoms with van der Waals surface area (Å²) in [7, 11) is 0. The third kappa shape index (κ3) is 2.74. The normalized spacial score (nSPS) is 16.8. The average molecular weight is 409 g/mol. The van der Waals surface area contributed by atoms with Crippen LogP contribution in [0.3, 0.4) is 0 Å². The second kappa shape index (κ2) is 6.56. The third-order valence-corrected chi connectivity index (χ3v) is 5.34. The fourth-order valence-corrected chi connectivity index (χ4v) is 3.94. The first-order chi connectivity index (χ1) is 14.0. The van der Waals surface area contributed by atoms with E-state index in [1.807, 2.05) is 0 Å². The minimum absolute atomic E-state index is 0.133. The van der Waals surface area contributed by atoms with Crippen LogP contribution in [0.4, 0.5) is 4.39 Å². The molecule has 29 heavy (non-hydrogen) atoms. The Morgan fingerprint density at radius 3 is 2.93 bits per heavy atom. The summed E-state index contributed by atoms with van der Waals surface area (Å²) in [4.78, 5) is 24.0. The molecule has 1 unspecified atom stereocenters. The van der Waals surface area contributed by atoms with Crippen molar-refractivity contribution in [2.75, 3.05) is 0 Å². The number of halogens is 2. The van der Waals surface area contributed by atoms with E-state index in [1.165, 1.54) is 22.9 Å². The molecule has 0 bridgehead atoms. The van der Waals surface area contributed by atoms with Gasteiger partial charge in [0.1, 0.15) is 11.5 Å². The van der Waals surface area contributed by atoms with Crippen LogP contribution in [-0.2, 0) is 0 Å². The molecule has 0 saturated heterocycles. The maximum Gasteiger partial charge on any atom is 0.331 e. The molecule has 2 N–H and O–H groups in total. The van der Waals surface area contributed by atoms with Crippen LogP contribution < -0.4 is 5.69 Å². The highest BCUT2D eigenvalue weighted by atomic mass is 35.5. The number of para-hydroxylation sites is 1. The number of imidazole rings is 1. The number of H-pyrrole nitrogens is 1. The minimum Gasteiger partial charge on any atom is -0.504 e. The molecule has 144 valence electrons. The predicted molar refractivity (Wildman–Crippen MR) is 109 cm³/mol. The summed E-state index contributed by atoms with van der Waals surface area (Å²) >= 11 is 6.11. The van der Waals surface area contributed by atoms with Gasteiger partial charge in [0.15, 0.2) is 5.75 Å². The number of hydrogen-bond donors (Lipinski definition) is 2. The molecule has 8 heteroatoms. The highest BCUT2D eigenvalue weighted by Gasteiger charge is 2.29. The molecule has 0 saturated carbocycles. The Morgan fingerprint density at radius 1 is 1.24 bits per heavy atom. The lowest BCUT2D eigenvalue weighted by Crippen LogP contribution is -2.17. The van der Waals surface area contributed by atoms with Crippen LogP contribution in [-0.4, -0.2) is 24.6 Å². The Morgan fingerprint density at radius 2 is 2.07 bits per heavy atom. The van der Waals surface area contributed by atoms with Crippen molar-refractivity contribution in [3.8, 4) is 11.4 Å². The number of aromatic amines is 1. The second-order valence-corrected chi connectivity index (χ2v) is 7.28. The van der Waals surface area contributed by atoms with E-state index in [2.05, 4.69) is 15.0 Å². The van der Waals surface area contributed by atoms with Crippen molar-refractivity contribution < 1.29 is 9.50 Å². The van der Waals surface area contributed by atoms with E-state index in [4.69, 9.17) is 11.6 Å². The Bertz CT molecular complexity index is 1400. The first kappa shape index (κ1) is 17.6. The largest absolute Gasteiger partial charge is 0.504 e. The van der Waals surface area contributed by atoms with E-state index in [-0.39, 0.29) is 23.6 Å². The van der Waals surface area contributed by atoms with Gasteiger partial charge in [0.25, 0.3) is 0 Å². The molecule has 1 atom stereocenters. The molecule has 1 aliphatic rings. The molecular weight excluding hydrogens is 395 g/mol. The summed E-state index contributed by atoms with van der Waals surface area (Å²) in [6.45, 7) is 0. The lowest BCUT2D eigenvalue weighted by Gasteiger charge is -2.21. The van der Waals surface area contributed by atoms with E-state index in [0.29, 0.717) is 27.0 Å². The molecule has 0 radical (unpaired) electrons. The van der Waals surface area contributed by atoms with Crippen LogP contribution in [0.5, 0.6) is 5.75 Å². The number of benzene rings is 1. The van der Waals surface area contributed by atoms with Gasteiger partial charge in [0, 0.05) is 16.6 Å². The van der Waals surface area contributed by atoms with Crippen molar-refractivity contribution in [1.29, 1.82) is 0 Å². The lowest BCUT2D eigenvalue weighted by atomic mass is 9.93. The number of nitrogens with zero attached hydrogens (tertiary/aromatic N) is 3. The van der Waals surface area contributed by atoms with Crippen LogP contribution in [0.15, 0.2) is 70.5 Å². The monoisotopic (exact) mass is 408 g/mol. The summed E-state index contributed by atoms with van der Waals surface area (Å²) < 4.78 is 16.0. The molecule has 3 aromatic heterocycles. The zero-order chi connectivity index (χ0) is 20.1. The summed E-state index contributed by atoms with van der Waals surface area (Å²) in [6.07, 6.45) is 6.03. The highest BCUT2D eigenvalue weighted by Crippen LogP contribution is 2.43. The van der Waals surface area contributed by atoms with Crippen LogP contribution in [0.2, 0.25) is 0 Å². The molecule has 0 spiro atoms. The number of nitrogens with one attached hydrogen (secondary N) is 1. The summed E-state index contributed by atoms with van der Waals surface area (Å²) in [5.41, 5.74) is 1.53. The van der Waals surface area contributed by atoms with Gasteiger partial charge < -0.3 is 10.1 Å². The van der Waals surface area contributed by atoms with Crippen LogP contribution in [0, 0.1) is 0 Å². The van der Waals surface area contributed by atoms with Crippen molar-refractivity contribution in [3.05, 3.63) is 81.9 Å². The third-order valence-electron chi connectivity index (χ3n) is 5.06. The molecule has 1 aromatic carbocycles. The zero-order valence-electron chi connectivity index (χ0n) is 14.9. The lowest BCUT2D eigenvalue weighted by molar-refractivity contribution is 0.446. The van der Waals surface area contributed by atoms with E-state index >= 15 is 0 Å².